The fourth-order valence-corrected chi connectivity index (χ4v) is 1.80. The first-order valence-corrected chi connectivity index (χ1v) is 6.67. The Morgan fingerprint density at radius 2 is 1.73 bits per heavy atom. The second-order valence-corrected chi connectivity index (χ2v) is 4.61. The van der Waals surface area contributed by atoms with E-state index in [4.69, 9.17) is 16.3 Å². The van der Waals surface area contributed by atoms with Gasteiger partial charge in [-0.15, -0.1) is 0 Å². The lowest BCUT2D eigenvalue weighted by Gasteiger charge is -2.09. The van der Waals surface area contributed by atoms with Crippen LogP contribution in [0.3, 0.4) is 0 Å². The van der Waals surface area contributed by atoms with Gasteiger partial charge in [0.1, 0.15) is 0 Å². The van der Waals surface area contributed by atoms with Crippen LogP contribution in [0.15, 0.2) is 48.5 Å². The van der Waals surface area contributed by atoms with Gasteiger partial charge in [0.2, 0.25) is 0 Å². The first kappa shape index (κ1) is 15.8. The molecule has 0 spiro atoms. The van der Waals surface area contributed by atoms with Crippen molar-refractivity contribution in [1.82, 2.24) is 10.9 Å². The average Bonchev–Trinajstić information content (AvgIpc) is 2.52. The van der Waals surface area contributed by atoms with Crippen molar-refractivity contribution in [3.8, 4) is 5.75 Å². The molecule has 0 aromatic heterocycles. The fourth-order valence-electron chi connectivity index (χ4n) is 1.58. The van der Waals surface area contributed by atoms with Crippen molar-refractivity contribution >= 4 is 23.4 Å². The summed E-state index contributed by atoms with van der Waals surface area (Å²) in [6.07, 6.45) is 0. The largest absolute Gasteiger partial charge is 0.481 e. The van der Waals surface area contributed by atoms with Crippen LogP contribution >= 0.6 is 11.6 Å². The minimum atomic E-state index is -0.636. The maximum absolute atomic E-state index is 13.3. The van der Waals surface area contributed by atoms with Crippen LogP contribution in [0.2, 0.25) is 5.02 Å². The smallest absolute Gasteiger partial charge is 0.276 e. The van der Waals surface area contributed by atoms with Crippen molar-refractivity contribution < 1.29 is 18.7 Å². The summed E-state index contributed by atoms with van der Waals surface area (Å²) in [5.74, 6) is -1.82. The lowest BCUT2D eigenvalue weighted by atomic mass is 10.2. The SMILES string of the molecule is O=C(COc1ccccc1F)NNC(=O)c1ccccc1Cl. The molecule has 22 heavy (non-hydrogen) atoms. The lowest BCUT2D eigenvalue weighted by molar-refractivity contribution is -0.123. The fraction of sp³-hybridized carbons (Fsp3) is 0.0667. The Morgan fingerprint density at radius 1 is 1.05 bits per heavy atom. The van der Waals surface area contributed by atoms with Crippen molar-refractivity contribution in [2.45, 2.75) is 0 Å². The zero-order valence-electron chi connectivity index (χ0n) is 11.3. The Bertz CT molecular complexity index is 694. The van der Waals surface area contributed by atoms with Crippen LogP contribution in [-0.2, 0) is 4.79 Å². The van der Waals surface area contributed by atoms with Gasteiger partial charge < -0.3 is 4.74 Å². The van der Waals surface area contributed by atoms with Crippen molar-refractivity contribution in [1.29, 1.82) is 0 Å². The number of hydrazine groups is 1. The van der Waals surface area contributed by atoms with Crippen LogP contribution in [0.5, 0.6) is 5.75 Å². The highest BCUT2D eigenvalue weighted by Gasteiger charge is 2.11. The molecule has 2 amide bonds. The lowest BCUT2D eigenvalue weighted by Crippen LogP contribution is -2.43. The number of halogens is 2. The molecule has 7 heteroatoms. The highest BCUT2D eigenvalue weighted by atomic mass is 35.5. The second-order valence-electron chi connectivity index (χ2n) is 4.20. The molecule has 2 N–H and O–H groups in total. The van der Waals surface area contributed by atoms with Gasteiger partial charge in [0, 0.05) is 0 Å². The van der Waals surface area contributed by atoms with Crippen LogP contribution in [0.4, 0.5) is 4.39 Å². The third-order valence-corrected chi connectivity index (χ3v) is 2.96. The number of para-hydroxylation sites is 1. The van der Waals surface area contributed by atoms with Gasteiger partial charge in [0.05, 0.1) is 10.6 Å². The van der Waals surface area contributed by atoms with E-state index in [2.05, 4.69) is 10.9 Å². The monoisotopic (exact) mass is 322 g/mol. The number of ether oxygens (including phenoxy) is 1. The number of amides is 2. The van der Waals surface area contributed by atoms with Crippen molar-refractivity contribution in [3.05, 3.63) is 64.9 Å². The molecule has 0 radical (unpaired) electrons. The zero-order valence-corrected chi connectivity index (χ0v) is 12.1. The Hall–Kier alpha value is -2.60. The number of carbonyl (C=O) groups excluding carboxylic acids is 2. The van der Waals surface area contributed by atoms with E-state index in [1.165, 1.54) is 24.3 Å². The zero-order chi connectivity index (χ0) is 15.9. The average molecular weight is 323 g/mol. The summed E-state index contributed by atoms with van der Waals surface area (Å²) >= 11 is 5.85. The molecule has 2 aromatic carbocycles. The number of rotatable bonds is 4. The Labute approximate surface area is 131 Å². The second kappa shape index (κ2) is 7.42. The first-order valence-electron chi connectivity index (χ1n) is 6.29. The highest BCUT2D eigenvalue weighted by molar-refractivity contribution is 6.33. The summed E-state index contributed by atoms with van der Waals surface area (Å²) < 4.78 is 18.3. The minimum Gasteiger partial charge on any atom is -0.481 e. The van der Waals surface area contributed by atoms with E-state index in [-0.39, 0.29) is 16.3 Å². The highest BCUT2D eigenvalue weighted by Crippen LogP contribution is 2.15. The van der Waals surface area contributed by atoms with Gasteiger partial charge in [-0.3, -0.25) is 20.4 Å². The topological polar surface area (TPSA) is 67.4 Å². The van der Waals surface area contributed by atoms with Crippen LogP contribution < -0.4 is 15.6 Å². The quantitative estimate of drug-likeness (QED) is 0.849. The molecule has 0 bridgehead atoms. The standard InChI is InChI=1S/C15H12ClFN2O3/c16-11-6-2-1-5-10(11)15(21)19-18-14(20)9-22-13-8-4-3-7-12(13)17/h1-8H,9H2,(H,18,20)(H,19,21). The van der Waals surface area contributed by atoms with Gasteiger partial charge in [0.25, 0.3) is 11.8 Å². The van der Waals surface area contributed by atoms with E-state index >= 15 is 0 Å². The molecule has 0 fully saturated rings. The Kier molecular flexibility index (Phi) is 5.32. The molecule has 0 atom stereocenters. The summed E-state index contributed by atoms with van der Waals surface area (Å²) in [6, 6.07) is 12.1. The molecule has 0 heterocycles. The molecule has 5 nitrogen and oxygen atoms in total. The van der Waals surface area contributed by atoms with E-state index in [0.29, 0.717) is 0 Å². The molecule has 0 aliphatic rings. The van der Waals surface area contributed by atoms with Gasteiger partial charge in [-0.25, -0.2) is 4.39 Å². The Balaban J connectivity index is 1.82. The Morgan fingerprint density at radius 3 is 2.45 bits per heavy atom. The van der Waals surface area contributed by atoms with Crippen LogP contribution in [0, 0.1) is 5.82 Å². The molecular weight excluding hydrogens is 311 g/mol. The van der Waals surface area contributed by atoms with Crippen molar-refractivity contribution in [3.63, 3.8) is 0 Å². The normalized spacial score (nSPS) is 9.91. The molecular formula is C15H12ClFN2O3. The van der Waals surface area contributed by atoms with E-state index in [1.54, 1.807) is 24.3 Å². The number of benzene rings is 2. The van der Waals surface area contributed by atoms with E-state index < -0.39 is 24.2 Å². The first-order chi connectivity index (χ1) is 10.6. The molecule has 0 aliphatic heterocycles. The number of nitrogens with one attached hydrogen (secondary N) is 2. The number of hydrogen-bond donors (Lipinski definition) is 2. The number of carbonyl (C=O) groups is 2. The van der Waals surface area contributed by atoms with Crippen molar-refractivity contribution in [2.24, 2.45) is 0 Å². The van der Waals surface area contributed by atoms with Gasteiger partial charge in [-0.2, -0.15) is 0 Å². The molecule has 0 saturated heterocycles. The number of hydrogen-bond acceptors (Lipinski definition) is 3. The van der Waals surface area contributed by atoms with E-state index in [0.717, 1.165) is 0 Å². The van der Waals surface area contributed by atoms with Gasteiger partial charge >= 0.3 is 0 Å². The maximum atomic E-state index is 13.3. The molecule has 0 unspecified atom stereocenters. The molecule has 114 valence electrons. The van der Waals surface area contributed by atoms with Gasteiger partial charge in [-0.1, -0.05) is 35.9 Å². The van der Waals surface area contributed by atoms with E-state index in [1.807, 2.05) is 0 Å². The van der Waals surface area contributed by atoms with Crippen LogP contribution in [0.25, 0.3) is 0 Å². The molecule has 0 aliphatic carbocycles. The summed E-state index contributed by atoms with van der Waals surface area (Å²) in [4.78, 5) is 23.3. The van der Waals surface area contributed by atoms with Crippen LogP contribution in [0.1, 0.15) is 10.4 Å². The van der Waals surface area contributed by atoms with E-state index in [9.17, 15) is 14.0 Å². The summed E-state index contributed by atoms with van der Waals surface area (Å²) in [5.41, 5.74) is 4.57. The summed E-state index contributed by atoms with van der Waals surface area (Å²) in [5, 5.41) is 0.261. The third kappa shape index (κ3) is 4.20. The third-order valence-electron chi connectivity index (χ3n) is 2.63. The summed E-state index contributed by atoms with van der Waals surface area (Å²) in [7, 11) is 0. The predicted molar refractivity (Wildman–Crippen MR) is 79.0 cm³/mol. The predicted octanol–water partition coefficient (Wildman–Crippen LogP) is 2.32. The molecule has 2 rings (SSSR count). The summed E-state index contributed by atoms with van der Waals surface area (Å²) in [6.45, 7) is -0.441. The van der Waals surface area contributed by atoms with Crippen molar-refractivity contribution in [2.75, 3.05) is 6.61 Å². The molecule has 0 saturated carbocycles. The van der Waals surface area contributed by atoms with Gasteiger partial charge in [-0.05, 0) is 24.3 Å². The minimum absolute atomic E-state index is 0.0462. The van der Waals surface area contributed by atoms with Crippen LogP contribution in [-0.4, -0.2) is 18.4 Å². The molecule has 2 aromatic rings. The van der Waals surface area contributed by atoms with Gasteiger partial charge in [0.15, 0.2) is 18.2 Å². The maximum Gasteiger partial charge on any atom is 0.276 e.